The molecule has 0 rings (SSSR count). The molecule has 0 radical (unpaired) electrons. The number of rotatable bonds is 5. The summed E-state index contributed by atoms with van der Waals surface area (Å²) in [7, 11) is -0.0355. The molecule has 0 atom stereocenters. The summed E-state index contributed by atoms with van der Waals surface area (Å²) in [5.41, 5.74) is 0. The molecule has 0 saturated heterocycles. The van der Waals surface area contributed by atoms with Gasteiger partial charge in [0.2, 0.25) is 16.4 Å². The van der Waals surface area contributed by atoms with Gasteiger partial charge in [-0.3, -0.25) is 4.79 Å². The number of carbonyl (C=O) groups is 1. The van der Waals surface area contributed by atoms with Crippen molar-refractivity contribution in [1.82, 2.24) is 9.21 Å². The lowest BCUT2D eigenvalue weighted by Gasteiger charge is -2.16. The number of amides is 1. The summed E-state index contributed by atoms with van der Waals surface area (Å²) >= 11 is 0. The third-order valence-electron chi connectivity index (χ3n) is 1.51. The molecular weight excluding hydrogens is 180 g/mol. The lowest BCUT2D eigenvalue weighted by molar-refractivity contribution is -0.117. The highest BCUT2D eigenvalue weighted by Crippen LogP contribution is 1.91. The molecular formula is C6H14N2O3S. The predicted octanol–water partition coefficient (Wildman–Crippen LogP) is -1.03. The van der Waals surface area contributed by atoms with Gasteiger partial charge in [-0.05, 0) is 0 Å². The fourth-order valence-corrected chi connectivity index (χ4v) is 0.930. The fourth-order valence-electron chi connectivity index (χ4n) is 0.517. The maximum absolute atomic E-state index is 10.9. The normalized spacial score (nSPS) is 11.7. The standard InChI is InChI=1S/C6H14N2O3S/c1-7(6-9)4-5-8(2)12(3,10)11/h6H,4-5H2,1-3H3. The van der Waals surface area contributed by atoms with E-state index in [2.05, 4.69) is 0 Å². The van der Waals surface area contributed by atoms with E-state index in [-0.39, 0.29) is 0 Å². The van der Waals surface area contributed by atoms with Gasteiger partial charge in [0.25, 0.3) is 0 Å². The van der Waals surface area contributed by atoms with Gasteiger partial charge in [-0.2, -0.15) is 0 Å². The summed E-state index contributed by atoms with van der Waals surface area (Å²) in [6, 6.07) is 0. The average Bonchev–Trinajstić information content (AvgIpc) is 1.97. The smallest absolute Gasteiger partial charge is 0.211 e. The number of hydrogen-bond acceptors (Lipinski definition) is 3. The first-order valence-electron chi connectivity index (χ1n) is 3.44. The second-order valence-corrected chi connectivity index (χ2v) is 4.76. The molecule has 0 aromatic heterocycles. The Morgan fingerprint density at radius 3 is 2.08 bits per heavy atom. The van der Waals surface area contributed by atoms with Crippen molar-refractivity contribution < 1.29 is 13.2 Å². The van der Waals surface area contributed by atoms with Crippen LogP contribution in [0.4, 0.5) is 0 Å². The molecule has 0 N–H and O–H groups in total. The SMILES string of the molecule is CN(C=O)CCN(C)S(C)(=O)=O. The van der Waals surface area contributed by atoms with Crippen molar-refractivity contribution in [2.24, 2.45) is 0 Å². The number of carbonyl (C=O) groups excluding carboxylic acids is 1. The van der Waals surface area contributed by atoms with E-state index < -0.39 is 10.0 Å². The minimum Gasteiger partial charge on any atom is -0.347 e. The zero-order chi connectivity index (χ0) is 9.78. The summed E-state index contributed by atoms with van der Waals surface area (Å²) < 4.78 is 22.9. The zero-order valence-electron chi connectivity index (χ0n) is 7.52. The molecule has 0 bridgehead atoms. The molecule has 0 unspecified atom stereocenters. The maximum Gasteiger partial charge on any atom is 0.211 e. The van der Waals surface area contributed by atoms with Crippen LogP contribution < -0.4 is 0 Å². The van der Waals surface area contributed by atoms with E-state index >= 15 is 0 Å². The Balaban J connectivity index is 3.88. The molecule has 0 aliphatic rings. The molecule has 0 saturated carbocycles. The van der Waals surface area contributed by atoms with Crippen LogP contribution in [-0.4, -0.2) is 57.5 Å². The Labute approximate surface area is 73.0 Å². The topological polar surface area (TPSA) is 57.7 Å². The van der Waals surface area contributed by atoms with Gasteiger partial charge in [0.15, 0.2) is 0 Å². The van der Waals surface area contributed by atoms with Crippen molar-refractivity contribution in [3.05, 3.63) is 0 Å². The Kier molecular flexibility index (Phi) is 4.19. The number of likely N-dealkylation sites (N-methyl/N-ethyl adjacent to an activating group) is 2. The Bertz CT molecular complexity index is 237. The molecule has 12 heavy (non-hydrogen) atoms. The van der Waals surface area contributed by atoms with Gasteiger partial charge in [0, 0.05) is 27.2 Å². The zero-order valence-corrected chi connectivity index (χ0v) is 8.34. The summed E-state index contributed by atoms with van der Waals surface area (Å²) in [5.74, 6) is 0. The molecule has 0 aliphatic heterocycles. The van der Waals surface area contributed by atoms with Crippen molar-refractivity contribution in [1.29, 1.82) is 0 Å². The Hall–Kier alpha value is -0.620. The maximum atomic E-state index is 10.9. The van der Waals surface area contributed by atoms with Gasteiger partial charge in [-0.15, -0.1) is 0 Å². The van der Waals surface area contributed by atoms with Crippen molar-refractivity contribution in [3.8, 4) is 0 Å². The molecule has 0 fully saturated rings. The van der Waals surface area contributed by atoms with Crippen molar-refractivity contribution in [2.45, 2.75) is 0 Å². The molecule has 0 heterocycles. The van der Waals surface area contributed by atoms with Crippen molar-refractivity contribution in [2.75, 3.05) is 33.4 Å². The molecule has 5 nitrogen and oxygen atoms in total. The van der Waals surface area contributed by atoms with Gasteiger partial charge >= 0.3 is 0 Å². The number of nitrogens with zero attached hydrogens (tertiary/aromatic N) is 2. The van der Waals surface area contributed by atoms with Crippen molar-refractivity contribution in [3.63, 3.8) is 0 Å². The summed E-state index contributed by atoms with van der Waals surface area (Å²) in [4.78, 5) is 11.5. The van der Waals surface area contributed by atoms with Gasteiger partial charge in [0.1, 0.15) is 0 Å². The Morgan fingerprint density at radius 1 is 1.25 bits per heavy atom. The van der Waals surface area contributed by atoms with Crippen LogP contribution in [0, 0.1) is 0 Å². The van der Waals surface area contributed by atoms with Crippen molar-refractivity contribution >= 4 is 16.4 Å². The van der Waals surface area contributed by atoms with Crippen LogP contribution in [0.1, 0.15) is 0 Å². The summed E-state index contributed by atoms with van der Waals surface area (Å²) in [6.45, 7) is 0.737. The van der Waals surface area contributed by atoms with Crippen LogP contribution in [0.25, 0.3) is 0 Å². The van der Waals surface area contributed by atoms with Crippen LogP contribution in [0.15, 0.2) is 0 Å². The lowest BCUT2D eigenvalue weighted by Crippen LogP contribution is -2.33. The van der Waals surface area contributed by atoms with Crippen LogP contribution >= 0.6 is 0 Å². The first-order valence-corrected chi connectivity index (χ1v) is 5.29. The van der Waals surface area contributed by atoms with E-state index in [0.717, 1.165) is 6.26 Å². The first kappa shape index (κ1) is 11.4. The van der Waals surface area contributed by atoms with Gasteiger partial charge in [0.05, 0.1) is 6.26 Å². The van der Waals surface area contributed by atoms with E-state index in [1.165, 1.54) is 16.3 Å². The Morgan fingerprint density at radius 2 is 1.75 bits per heavy atom. The molecule has 1 amide bonds. The first-order chi connectivity index (χ1) is 5.38. The number of hydrogen-bond donors (Lipinski definition) is 0. The monoisotopic (exact) mass is 194 g/mol. The predicted molar refractivity (Wildman–Crippen MR) is 46.2 cm³/mol. The van der Waals surface area contributed by atoms with Crippen LogP contribution in [-0.2, 0) is 14.8 Å². The highest BCUT2D eigenvalue weighted by atomic mass is 32.2. The molecule has 6 heteroatoms. The second-order valence-electron chi connectivity index (χ2n) is 2.67. The van der Waals surface area contributed by atoms with Crippen LogP contribution in [0.3, 0.4) is 0 Å². The average molecular weight is 194 g/mol. The van der Waals surface area contributed by atoms with E-state index in [1.807, 2.05) is 0 Å². The summed E-state index contributed by atoms with van der Waals surface area (Å²) in [6.07, 6.45) is 1.80. The quantitative estimate of drug-likeness (QED) is 0.526. The third-order valence-corrected chi connectivity index (χ3v) is 2.83. The largest absolute Gasteiger partial charge is 0.347 e. The number of sulfonamides is 1. The highest BCUT2D eigenvalue weighted by Gasteiger charge is 2.10. The molecule has 0 aliphatic carbocycles. The van der Waals surface area contributed by atoms with Crippen LogP contribution in [0.5, 0.6) is 0 Å². The van der Waals surface area contributed by atoms with E-state index in [1.54, 1.807) is 7.05 Å². The molecule has 0 aromatic carbocycles. The van der Waals surface area contributed by atoms with E-state index in [4.69, 9.17) is 0 Å². The minimum absolute atomic E-state index is 0.327. The minimum atomic E-state index is -3.12. The van der Waals surface area contributed by atoms with Gasteiger partial charge in [-0.1, -0.05) is 0 Å². The second kappa shape index (κ2) is 4.42. The third kappa shape index (κ3) is 4.30. The van der Waals surface area contributed by atoms with Crippen LogP contribution in [0.2, 0.25) is 0 Å². The molecule has 0 spiro atoms. The van der Waals surface area contributed by atoms with E-state index in [9.17, 15) is 13.2 Å². The molecule has 72 valence electrons. The van der Waals surface area contributed by atoms with Gasteiger partial charge in [-0.25, -0.2) is 12.7 Å². The van der Waals surface area contributed by atoms with Gasteiger partial charge < -0.3 is 4.90 Å². The molecule has 0 aromatic rings. The summed E-state index contributed by atoms with van der Waals surface area (Å²) in [5, 5.41) is 0. The fraction of sp³-hybridized carbons (Fsp3) is 0.833. The highest BCUT2D eigenvalue weighted by molar-refractivity contribution is 7.88. The lowest BCUT2D eigenvalue weighted by atomic mass is 10.6. The van der Waals surface area contributed by atoms with E-state index in [0.29, 0.717) is 19.5 Å².